The van der Waals surface area contributed by atoms with Crippen molar-refractivity contribution in [3.63, 3.8) is 0 Å². The van der Waals surface area contributed by atoms with Crippen molar-refractivity contribution in [3.05, 3.63) is 88.6 Å². The Hall–Kier alpha value is -7.81. The second-order valence-corrected chi connectivity index (χ2v) is 20.0. The Balaban J connectivity index is 1.47. The number of phenolic OH excluding ortho intramolecular Hbond substituents is 2. The van der Waals surface area contributed by atoms with Crippen LogP contribution >= 0.6 is 0 Å². The zero-order valence-electron chi connectivity index (χ0n) is 32.3. The lowest BCUT2D eigenvalue weighted by atomic mass is 10.1. The maximum atomic E-state index is 12.5. The van der Waals surface area contributed by atoms with E-state index in [1.807, 2.05) is 0 Å². The highest BCUT2D eigenvalue weighted by Crippen LogP contribution is 2.50. The zero-order valence-corrected chi connectivity index (χ0v) is 36.4. The van der Waals surface area contributed by atoms with Crippen molar-refractivity contribution in [1.29, 1.82) is 0 Å². The molecule has 0 atom stereocenters. The molecule has 0 amide bonds. The standard InChI is InChI=1S/C32H21N9O22S5/c42-29-24-13(10-23(68(61,62)63)26(30(24)43)37-35-19-8-4-16(41(47)48)12-21(19)66(55,56)57)9-22(67(58,59)60)25(29)36-34-18-7-1-14(11-20(18)65(52,53)54)33-38-27-28(32(45)46)39-40(31(27)44)15-2-5-17(6-3-15)64(49,50)51/h1-12,42-44H,(H,45,46)(H,49,50,51)(H,52,53,54)(H,55,56,57)(H,58,59,60)(H,61,62,63). The number of aromatic hydroxyl groups is 3. The average Bonchev–Trinajstić information content (AvgIpc) is 3.56. The van der Waals surface area contributed by atoms with Gasteiger partial charge in [-0.15, -0.1) is 25.6 Å². The predicted molar refractivity (Wildman–Crippen MR) is 221 cm³/mol. The van der Waals surface area contributed by atoms with Gasteiger partial charge >= 0.3 is 5.97 Å². The van der Waals surface area contributed by atoms with Crippen LogP contribution in [-0.4, -0.2) is 106 Å². The number of non-ortho nitro benzene ring substituents is 1. The van der Waals surface area contributed by atoms with Gasteiger partial charge in [0.15, 0.2) is 17.2 Å². The lowest BCUT2D eigenvalue weighted by Gasteiger charge is -2.13. The molecule has 0 saturated heterocycles. The number of hydrogen-bond acceptors (Lipinski definition) is 23. The molecule has 0 aliphatic carbocycles. The zero-order chi connectivity index (χ0) is 50.6. The third kappa shape index (κ3) is 10.1. The minimum Gasteiger partial charge on any atom is -0.505 e. The van der Waals surface area contributed by atoms with Crippen molar-refractivity contribution < 1.29 is 95.0 Å². The normalized spacial score (nSPS) is 13.0. The third-order valence-corrected chi connectivity index (χ3v) is 13.0. The van der Waals surface area contributed by atoms with Gasteiger partial charge in [-0.2, -0.15) is 57.0 Å². The monoisotopic (exact) mass is 1040 g/mol. The Morgan fingerprint density at radius 2 is 1.01 bits per heavy atom. The number of aromatic carboxylic acids is 1. The topological polar surface area (TPSA) is 505 Å². The van der Waals surface area contributed by atoms with Gasteiger partial charge in [-0.1, -0.05) is 0 Å². The van der Waals surface area contributed by atoms with Crippen molar-refractivity contribution in [3.8, 4) is 23.1 Å². The summed E-state index contributed by atoms with van der Waals surface area (Å²) in [6.45, 7) is 0. The van der Waals surface area contributed by atoms with Gasteiger partial charge in [-0.3, -0.25) is 32.9 Å². The Bertz CT molecular complexity index is 3860. The highest BCUT2D eigenvalue weighted by Gasteiger charge is 2.30. The van der Waals surface area contributed by atoms with E-state index >= 15 is 0 Å². The van der Waals surface area contributed by atoms with Crippen molar-refractivity contribution in [1.82, 2.24) is 9.78 Å². The summed E-state index contributed by atoms with van der Waals surface area (Å²) >= 11 is 0. The number of azo groups is 3. The van der Waals surface area contributed by atoms with Gasteiger partial charge < -0.3 is 20.4 Å². The summed E-state index contributed by atoms with van der Waals surface area (Å²) < 4.78 is 171. The summed E-state index contributed by atoms with van der Waals surface area (Å²) in [7, 11) is -26.6. The summed E-state index contributed by atoms with van der Waals surface area (Å²) in [6, 6.07) is 8.17. The first-order valence-corrected chi connectivity index (χ1v) is 24.3. The fraction of sp³-hybridized carbons (Fsp3) is 0. The molecule has 0 aliphatic rings. The van der Waals surface area contributed by atoms with Gasteiger partial charge in [-0.25, -0.2) is 4.79 Å². The second-order valence-electron chi connectivity index (χ2n) is 13.0. The molecule has 9 N–H and O–H groups in total. The van der Waals surface area contributed by atoms with Crippen molar-refractivity contribution >= 4 is 107 Å². The quantitative estimate of drug-likeness (QED) is 0.0292. The Kier molecular flexibility index (Phi) is 12.7. The SMILES string of the molecule is O=C(O)c1nn(-c2ccc(S(=O)(=O)O)cc2)c(O)c1N=Nc1ccc(N=Nc2c(S(=O)(=O)O)cc3cc(S(=O)(=O)O)c(N=Nc4ccc([N+](=O)[O-])cc4S(=O)(=O)O)c(O)c3c2O)c(S(=O)(=O)O)c1. The van der Waals surface area contributed by atoms with Crippen molar-refractivity contribution in [2.24, 2.45) is 30.7 Å². The number of phenols is 2. The van der Waals surface area contributed by atoms with Crippen LogP contribution in [0, 0.1) is 10.1 Å². The van der Waals surface area contributed by atoms with E-state index < -0.39 is 160 Å². The van der Waals surface area contributed by atoms with E-state index in [1.165, 1.54) is 0 Å². The largest absolute Gasteiger partial charge is 0.505 e. The molecule has 0 bridgehead atoms. The average molecular weight is 1040 g/mol. The molecule has 356 valence electrons. The molecule has 1 aromatic heterocycles. The number of aromatic nitrogens is 2. The smallest absolute Gasteiger partial charge is 0.358 e. The Morgan fingerprint density at radius 3 is 1.46 bits per heavy atom. The number of fused-ring (bicyclic) bond motifs is 1. The molecule has 5 aromatic carbocycles. The van der Waals surface area contributed by atoms with Gasteiger partial charge in [0.1, 0.15) is 42.3 Å². The number of nitro groups is 1. The second kappa shape index (κ2) is 17.4. The van der Waals surface area contributed by atoms with Crippen LogP contribution in [0.25, 0.3) is 16.5 Å². The van der Waals surface area contributed by atoms with Crippen LogP contribution in [0.1, 0.15) is 10.5 Å². The fourth-order valence-corrected chi connectivity index (χ4v) is 8.78. The van der Waals surface area contributed by atoms with Crippen LogP contribution in [0.3, 0.4) is 0 Å². The number of carbonyl (C=O) groups is 1. The molecule has 0 saturated carbocycles. The van der Waals surface area contributed by atoms with Crippen LogP contribution in [0.2, 0.25) is 0 Å². The van der Waals surface area contributed by atoms with Crippen LogP contribution in [0.4, 0.5) is 39.8 Å². The highest BCUT2D eigenvalue weighted by molar-refractivity contribution is 7.87. The van der Waals surface area contributed by atoms with Crippen LogP contribution in [-0.2, 0) is 50.6 Å². The van der Waals surface area contributed by atoms with E-state index in [2.05, 4.69) is 35.8 Å². The van der Waals surface area contributed by atoms with Crippen molar-refractivity contribution in [2.45, 2.75) is 24.5 Å². The molecule has 31 nitrogen and oxygen atoms in total. The van der Waals surface area contributed by atoms with E-state index in [0.717, 1.165) is 30.3 Å². The molecular formula is C32H21N9O22S5. The summed E-state index contributed by atoms with van der Waals surface area (Å²) in [4.78, 5) is 16.1. The van der Waals surface area contributed by atoms with Crippen LogP contribution in [0.5, 0.6) is 17.4 Å². The summed E-state index contributed by atoms with van der Waals surface area (Å²) in [5, 5.41) is 76.9. The van der Waals surface area contributed by atoms with Gasteiger partial charge in [0.2, 0.25) is 11.6 Å². The van der Waals surface area contributed by atoms with E-state index in [1.54, 1.807) is 0 Å². The molecule has 0 fully saturated rings. The van der Waals surface area contributed by atoms with E-state index in [-0.39, 0.29) is 5.69 Å². The minimum absolute atomic E-state index is 0.155. The number of benzene rings is 5. The van der Waals surface area contributed by atoms with E-state index in [0.29, 0.717) is 47.1 Å². The van der Waals surface area contributed by atoms with Crippen LogP contribution in [0.15, 0.2) is 128 Å². The Labute approximate surface area is 377 Å². The molecule has 6 rings (SSSR count). The summed E-state index contributed by atoms with van der Waals surface area (Å²) in [5.41, 5.74) is -7.95. The first-order valence-electron chi connectivity index (χ1n) is 17.1. The van der Waals surface area contributed by atoms with Gasteiger partial charge in [0, 0.05) is 12.1 Å². The number of rotatable bonds is 14. The molecule has 0 spiro atoms. The molecule has 0 radical (unpaired) electrons. The van der Waals surface area contributed by atoms with Gasteiger partial charge in [0.25, 0.3) is 56.3 Å². The molecule has 0 unspecified atom stereocenters. The molecule has 1 heterocycles. The van der Waals surface area contributed by atoms with Gasteiger partial charge in [0.05, 0.1) is 26.6 Å². The lowest BCUT2D eigenvalue weighted by molar-refractivity contribution is -0.385. The molecule has 36 heteroatoms. The minimum atomic E-state index is -5.59. The predicted octanol–water partition coefficient (Wildman–Crippen LogP) is 5.23. The molecule has 68 heavy (non-hydrogen) atoms. The molecular weight excluding hydrogens is 1020 g/mol. The fourth-order valence-electron chi connectivity index (χ4n) is 5.70. The summed E-state index contributed by atoms with van der Waals surface area (Å²) in [6.07, 6.45) is 0. The number of nitro benzene ring substituents is 1. The lowest BCUT2D eigenvalue weighted by Crippen LogP contribution is -2.02. The number of nitrogens with zero attached hydrogens (tertiary/aromatic N) is 9. The number of carboxylic acid groups (broad SMARTS) is 1. The first kappa shape index (κ1) is 49.6. The maximum Gasteiger partial charge on any atom is 0.358 e. The van der Waals surface area contributed by atoms with Gasteiger partial charge in [-0.05, 0) is 66.0 Å². The van der Waals surface area contributed by atoms with Crippen LogP contribution < -0.4 is 0 Å². The number of hydrogen-bond donors (Lipinski definition) is 9. The molecule has 0 aliphatic heterocycles. The Morgan fingerprint density at radius 1 is 0.559 bits per heavy atom. The first-order chi connectivity index (χ1) is 31.3. The van der Waals surface area contributed by atoms with Crippen molar-refractivity contribution in [2.75, 3.05) is 0 Å². The summed E-state index contributed by atoms with van der Waals surface area (Å²) in [5.74, 6) is -5.84. The number of carboxylic acids is 1. The third-order valence-electron chi connectivity index (χ3n) is 8.66. The van der Waals surface area contributed by atoms with E-state index in [4.69, 9.17) is 0 Å². The van der Waals surface area contributed by atoms with E-state index in [9.17, 15) is 100 Å². The highest BCUT2D eigenvalue weighted by atomic mass is 32.2. The molecule has 6 aromatic rings. The maximum absolute atomic E-state index is 12.5.